The zero-order valence-electron chi connectivity index (χ0n) is 11.1. The monoisotopic (exact) mass is 270 g/mol. The van der Waals surface area contributed by atoms with Crippen molar-refractivity contribution >= 4 is 12.0 Å². The Morgan fingerprint density at radius 3 is 2.65 bits per heavy atom. The summed E-state index contributed by atoms with van der Waals surface area (Å²) in [5, 5.41) is 2.78. The number of aromatic nitrogens is 1. The molecule has 1 heterocycles. The highest BCUT2D eigenvalue weighted by atomic mass is 19.1. The molecule has 20 heavy (non-hydrogen) atoms. The van der Waals surface area contributed by atoms with E-state index in [1.54, 1.807) is 37.5 Å². The van der Waals surface area contributed by atoms with Gasteiger partial charge in [0.05, 0.1) is 0 Å². The van der Waals surface area contributed by atoms with Crippen LogP contribution < -0.4 is 5.32 Å². The lowest BCUT2D eigenvalue weighted by molar-refractivity contribution is -0.117. The normalized spacial score (nSPS) is 11.2. The molecule has 1 aromatic carbocycles. The fourth-order valence-corrected chi connectivity index (χ4v) is 1.71. The number of hydrogen-bond donors (Lipinski definition) is 1. The van der Waals surface area contributed by atoms with Gasteiger partial charge >= 0.3 is 0 Å². The van der Waals surface area contributed by atoms with Gasteiger partial charge in [-0.3, -0.25) is 9.78 Å². The quantitative estimate of drug-likeness (QED) is 0.868. The highest BCUT2D eigenvalue weighted by Gasteiger charge is 2.05. The van der Waals surface area contributed by atoms with Crippen LogP contribution in [0.4, 0.5) is 4.39 Å². The van der Waals surface area contributed by atoms with E-state index in [1.165, 1.54) is 12.1 Å². The van der Waals surface area contributed by atoms with Crippen LogP contribution in [0.5, 0.6) is 0 Å². The van der Waals surface area contributed by atoms with Crippen molar-refractivity contribution in [3.63, 3.8) is 0 Å². The van der Waals surface area contributed by atoms with Gasteiger partial charge in [-0.15, -0.1) is 0 Å². The van der Waals surface area contributed by atoms with Crippen LogP contribution in [0.15, 0.2) is 54.4 Å². The van der Waals surface area contributed by atoms with Crippen molar-refractivity contribution in [3.8, 4) is 0 Å². The molecule has 0 aliphatic rings. The molecule has 0 radical (unpaired) electrons. The number of nitrogens with one attached hydrogen (secondary N) is 1. The van der Waals surface area contributed by atoms with Crippen LogP contribution in [0.3, 0.4) is 0 Å². The van der Waals surface area contributed by atoms with Crippen LogP contribution in [0, 0.1) is 5.82 Å². The molecule has 1 amide bonds. The number of pyridine rings is 1. The van der Waals surface area contributed by atoms with E-state index in [0.717, 1.165) is 5.56 Å². The predicted molar refractivity (Wildman–Crippen MR) is 76.1 cm³/mol. The second-order valence-corrected chi connectivity index (χ2v) is 4.39. The van der Waals surface area contributed by atoms with Gasteiger partial charge in [0.25, 0.3) is 0 Å². The molecule has 102 valence electrons. The van der Waals surface area contributed by atoms with E-state index < -0.39 is 0 Å². The Labute approximate surface area is 117 Å². The third-order valence-electron chi connectivity index (χ3n) is 2.84. The maximum atomic E-state index is 13.5. The maximum Gasteiger partial charge on any atom is 0.247 e. The average molecular weight is 270 g/mol. The van der Waals surface area contributed by atoms with Crippen molar-refractivity contribution in [1.82, 2.24) is 10.3 Å². The number of nitrogens with zero attached hydrogens (tertiary/aromatic N) is 1. The number of hydrogen-bond acceptors (Lipinski definition) is 2. The first-order chi connectivity index (χ1) is 9.66. The van der Waals surface area contributed by atoms with Crippen molar-refractivity contribution in [3.05, 3.63) is 71.3 Å². The fraction of sp³-hybridized carbons (Fsp3) is 0.125. The van der Waals surface area contributed by atoms with Crippen LogP contribution in [0.2, 0.25) is 0 Å². The Morgan fingerprint density at radius 1 is 1.25 bits per heavy atom. The maximum absolute atomic E-state index is 13.5. The van der Waals surface area contributed by atoms with E-state index >= 15 is 0 Å². The smallest absolute Gasteiger partial charge is 0.247 e. The van der Waals surface area contributed by atoms with Gasteiger partial charge in [-0.1, -0.05) is 18.2 Å². The summed E-state index contributed by atoms with van der Waals surface area (Å²) in [7, 11) is 0. The van der Waals surface area contributed by atoms with Gasteiger partial charge in [0, 0.05) is 30.1 Å². The molecule has 2 rings (SSSR count). The number of halogens is 1. The summed E-state index contributed by atoms with van der Waals surface area (Å²) >= 11 is 0. The van der Waals surface area contributed by atoms with Crippen LogP contribution in [-0.4, -0.2) is 10.9 Å². The van der Waals surface area contributed by atoms with Crippen molar-refractivity contribution in [2.75, 3.05) is 0 Å². The van der Waals surface area contributed by atoms with Crippen LogP contribution in [0.1, 0.15) is 18.1 Å². The lowest BCUT2D eigenvalue weighted by Crippen LogP contribution is -2.23. The molecule has 1 aromatic heterocycles. The Bertz CT molecular complexity index is 623. The summed E-state index contributed by atoms with van der Waals surface area (Å²) in [4.78, 5) is 15.8. The summed E-state index contributed by atoms with van der Waals surface area (Å²) in [6, 6.07) is 10.0. The number of carbonyl (C=O) groups excluding carboxylic acids is 1. The molecule has 0 saturated heterocycles. The molecule has 0 aliphatic carbocycles. The first-order valence-electron chi connectivity index (χ1n) is 6.27. The van der Waals surface area contributed by atoms with Crippen LogP contribution in [-0.2, 0) is 11.3 Å². The van der Waals surface area contributed by atoms with E-state index in [2.05, 4.69) is 10.3 Å². The molecular formula is C16H15FN2O. The number of amides is 1. The Balaban J connectivity index is 2.00. The summed E-state index contributed by atoms with van der Waals surface area (Å²) < 4.78 is 13.5. The second-order valence-electron chi connectivity index (χ2n) is 4.39. The first kappa shape index (κ1) is 13.9. The van der Waals surface area contributed by atoms with Crippen molar-refractivity contribution in [1.29, 1.82) is 0 Å². The highest BCUT2D eigenvalue weighted by Crippen LogP contribution is 2.11. The molecule has 2 aromatic rings. The topological polar surface area (TPSA) is 42.0 Å². The largest absolute Gasteiger partial charge is 0.348 e. The van der Waals surface area contributed by atoms with Gasteiger partial charge in [-0.05, 0) is 36.8 Å². The Kier molecular flexibility index (Phi) is 4.60. The van der Waals surface area contributed by atoms with E-state index in [0.29, 0.717) is 17.7 Å². The van der Waals surface area contributed by atoms with E-state index in [-0.39, 0.29) is 11.7 Å². The van der Waals surface area contributed by atoms with Gasteiger partial charge in [-0.25, -0.2) is 4.39 Å². The summed E-state index contributed by atoms with van der Waals surface area (Å²) in [6.45, 7) is 2.08. The number of benzene rings is 1. The summed E-state index contributed by atoms with van der Waals surface area (Å²) in [5.74, 6) is -0.557. The number of rotatable bonds is 4. The third kappa shape index (κ3) is 3.75. The minimum Gasteiger partial charge on any atom is -0.348 e. The SMILES string of the molecule is C/C(=C\c1ccccc1F)C(=O)NCc1ccncc1. The molecule has 0 fully saturated rings. The first-order valence-corrected chi connectivity index (χ1v) is 6.27. The number of carbonyl (C=O) groups is 1. The van der Waals surface area contributed by atoms with Gasteiger partial charge in [-0.2, -0.15) is 0 Å². The summed E-state index contributed by atoms with van der Waals surface area (Å²) in [6.07, 6.45) is 4.88. The Hall–Kier alpha value is -2.49. The molecule has 1 N–H and O–H groups in total. The minimum absolute atomic E-state index is 0.218. The molecule has 4 heteroatoms. The highest BCUT2D eigenvalue weighted by molar-refractivity contribution is 5.97. The standard InChI is InChI=1S/C16H15FN2O/c1-12(10-14-4-2-3-5-15(14)17)16(20)19-11-13-6-8-18-9-7-13/h2-10H,11H2,1H3,(H,19,20)/b12-10+. The molecule has 0 spiro atoms. The van der Waals surface area contributed by atoms with Gasteiger partial charge in [0.1, 0.15) is 5.82 Å². The zero-order chi connectivity index (χ0) is 14.4. The minimum atomic E-state index is -0.339. The lowest BCUT2D eigenvalue weighted by atomic mass is 10.1. The molecule has 0 unspecified atom stereocenters. The van der Waals surface area contributed by atoms with Crippen LogP contribution in [0.25, 0.3) is 6.08 Å². The van der Waals surface area contributed by atoms with Crippen molar-refractivity contribution in [2.24, 2.45) is 0 Å². The van der Waals surface area contributed by atoms with Crippen molar-refractivity contribution in [2.45, 2.75) is 13.5 Å². The van der Waals surface area contributed by atoms with Crippen LogP contribution >= 0.6 is 0 Å². The third-order valence-corrected chi connectivity index (χ3v) is 2.84. The fourth-order valence-electron chi connectivity index (χ4n) is 1.71. The van der Waals surface area contributed by atoms with E-state index in [9.17, 15) is 9.18 Å². The lowest BCUT2D eigenvalue weighted by Gasteiger charge is -2.05. The van der Waals surface area contributed by atoms with E-state index in [1.807, 2.05) is 12.1 Å². The molecule has 3 nitrogen and oxygen atoms in total. The second kappa shape index (κ2) is 6.61. The molecule has 0 aliphatic heterocycles. The molecule has 0 atom stereocenters. The van der Waals surface area contributed by atoms with E-state index in [4.69, 9.17) is 0 Å². The molecule has 0 saturated carbocycles. The van der Waals surface area contributed by atoms with Gasteiger partial charge in [0.2, 0.25) is 5.91 Å². The van der Waals surface area contributed by atoms with Gasteiger partial charge in [0.15, 0.2) is 0 Å². The summed E-state index contributed by atoms with van der Waals surface area (Å²) in [5.41, 5.74) is 1.83. The van der Waals surface area contributed by atoms with Crippen molar-refractivity contribution < 1.29 is 9.18 Å². The average Bonchev–Trinajstić information content (AvgIpc) is 2.48. The Morgan fingerprint density at radius 2 is 1.95 bits per heavy atom. The zero-order valence-corrected chi connectivity index (χ0v) is 11.1. The molecule has 0 bridgehead atoms. The molecular weight excluding hydrogens is 255 g/mol. The van der Waals surface area contributed by atoms with Gasteiger partial charge < -0.3 is 5.32 Å². The predicted octanol–water partition coefficient (Wildman–Crippen LogP) is 2.94.